The first-order valence-electron chi connectivity index (χ1n) is 6.42. The van der Waals surface area contributed by atoms with Crippen LogP contribution in [0.2, 0.25) is 0 Å². The van der Waals surface area contributed by atoms with Gasteiger partial charge in [-0.2, -0.15) is 13.2 Å². The maximum atomic E-state index is 12.7. The molecule has 3 nitrogen and oxygen atoms in total. The van der Waals surface area contributed by atoms with E-state index in [9.17, 15) is 17.4 Å². The smallest absolute Gasteiger partial charge is 0.307 e. The molecule has 0 saturated carbocycles. The third-order valence-electron chi connectivity index (χ3n) is 3.12. The van der Waals surface area contributed by atoms with Gasteiger partial charge in [-0.1, -0.05) is 12.1 Å². The van der Waals surface area contributed by atoms with E-state index < -0.39 is 22.5 Å². The number of benzene rings is 1. The number of nitrogens with zero attached hydrogens (tertiary/aromatic N) is 2. The molecule has 0 unspecified atom stereocenters. The lowest BCUT2D eigenvalue weighted by molar-refractivity contribution is -0.137. The predicted molar refractivity (Wildman–Crippen MR) is 76.7 cm³/mol. The zero-order chi connectivity index (χ0) is 15.7. The van der Waals surface area contributed by atoms with Crippen LogP contribution in [0.4, 0.5) is 13.2 Å². The molecule has 0 fully saturated rings. The molecule has 0 aliphatic heterocycles. The summed E-state index contributed by atoms with van der Waals surface area (Å²) in [6.07, 6.45) is -0.914. The van der Waals surface area contributed by atoms with Crippen molar-refractivity contribution >= 4 is 16.4 Å². The van der Waals surface area contributed by atoms with Crippen LogP contribution in [0.25, 0.3) is 5.65 Å². The first kappa shape index (κ1) is 14.8. The second-order valence-corrected chi connectivity index (χ2v) is 6.16. The van der Waals surface area contributed by atoms with E-state index in [-0.39, 0.29) is 10.6 Å². The number of pyridine rings is 1. The predicted octanol–water partition coefficient (Wildman–Crippen LogP) is 3.66. The molecular weight excluding hydrogens is 313 g/mol. The van der Waals surface area contributed by atoms with E-state index in [1.54, 1.807) is 22.9 Å². The highest BCUT2D eigenvalue weighted by atomic mass is 32.2. The molecule has 1 aromatic carbocycles. The Balaban J connectivity index is 1.85. The summed E-state index contributed by atoms with van der Waals surface area (Å²) >= 11 is 0. The van der Waals surface area contributed by atoms with Crippen molar-refractivity contribution in [2.45, 2.75) is 16.8 Å². The molecule has 2 aromatic heterocycles. The van der Waals surface area contributed by atoms with Crippen LogP contribution in [0.3, 0.4) is 0 Å². The fraction of sp³-hybridized carbons (Fsp3) is 0.133. The Morgan fingerprint density at radius 3 is 2.68 bits per heavy atom. The quantitative estimate of drug-likeness (QED) is 0.737. The third kappa shape index (κ3) is 3.04. The van der Waals surface area contributed by atoms with Crippen LogP contribution in [0, 0.1) is 0 Å². The van der Waals surface area contributed by atoms with Crippen LogP contribution in [0.5, 0.6) is 0 Å². The van der Waals surface area contributed by atoms with Crippen molar-refractivity contribution in [1.29, 1.82) is 0 Å². The second-order valence-electron chi connectivity index (χ2n) is 4.71. The van der Waals surface area contributed by atoms with Crippen LogP contribution < -0.4 is 0 Å². The highest BCUT2D eigenvalue weighted by molar-refractivity contribution is 7.84. The van der Waals surface area contributed by atoms with Gasteiger partial charge in [-0.15, -0.1) is 0 Å². The number of aromatic nitrogens is 2. The minimum absolute atomic E-state index is 0.0724. The van der Waals surface area contributed by atoms with E-state index in [1.807, 2.05) is 12.1 Å². The highest BCUT2D eigenvalue weighted by Crippen LogP contribution is 2.30. The normalized spacial score (nSPS) is 13.4. The minimum Gasteiger partial charge on any atom is -0.307 e. The zero-order valence-corrected chi connectivity index (χ0v) is 12.1. The van der Waals surface area contributed by atoms with Gasteiger partial charge < -0.3 is 4.40 Å². The largest absolute Gasteiger partial charge is 0.416 e. The van der Waals surface area contributed by atoms with Crippen molar-refractivity contribution in [1.82, 2.24) is 9.38 Å². The Labute approximate surface area is 126 Å². The van der Waals surface area contributed by atoms with Crippen LogP contribution in [-0.2, 0) is 22.7 Å². The van der Waals surface area contributed by atoms with Gasteiger partial charge in [0, 0.05) is 17.3 Å². The average Bonchev–Trinajstić information content (AvgIpc) is 2.88. The number of fused-ring (bicyclic) bond motifs is 1. The number of hydrogen-bond acceptors (Lipinski definition) is 2. The maximum absolute atomic E-state index is 12.7. The van der Waals surface area contributed by atoms with Crippen LogP contribution >= 0.6 is 0 Å². The van der Waals surface area contributed by atoms with Crippen LogP contribution in [0.15, 0.2) is 59.8 Å². The van der Waals surface area contributed by atoms with Crippen molar-refractivity contribution in [3.63, 3.8) is 0 Å². The lowest BCUT2D eigenvalue weighted by Crippen LogP contribution is -2.06. The number of imidazole rings is 1. The molecule has 0 bridgehead atoms. The van der Waals surface area contributed by atoms with Gasteiger partial charge in [-0.05, 0) is 30.3 Å². The molecule has 1 atom stereocenters. The summed E-state index contributed by atoms with van der Waals surface area (Å²) in [4.78, 5) is 4.44. The first-order valence-corrected chi connectivity index (χ1v) is 7.73. The lowest BCUT2D eigenvalue weighted by atomic mass is 10.2. The van der Waals surface area contributed by atoms with Crippen LogP contribution in [0.1, 0.15) is 11.3 Å². The van der Waals surface area contributed by atoms with Gasteiger partial charge >= 0.3 is 6.18 Å². The minimum atomic E-state index is -4.44. The molecule has 22 heavy (non-hydrogen) atoms. The summed E-state index contributed by atoms with van der Waals surface area (Å²) in [6.45, 7) is 0. The van der Waals surface area contributed by atoms with E-state index in [4.69, 9.17) is 0 Å². The number of halogens is 3. The maximum Gasteiger partial charge on any atom is 0.416 e. The Hall–Kier alpha value is -2.15. The zero-order valence-electron chi connectivity index (χ0n) is 11.2. The molecule has 2 heterocycles. The Bertz CT molecular complexity index is 809. The van der Waals surface area contributed by atoms with E-state index >= 15 is 0 Å². The number of alkyl halides is 3. The molecule has 7 heteroatoms. The monoisotopic (exact) mass is 324 g/mol. The molecule has 0 saturated heterocycles. The summed E-state index contributed by atoms with van der Waals surface area (Å²) in [5.41, 5.74) is 0.480. The van der Waals surface area contributed by atoms with Gasteiger partial charge in [0.25, 0.3) is 0 Å². The van der Waals surface area contributed by atoms with Gasteiger partial charge in [-0.25, -0.2) is 4.98 Å². The van der Waals surface area contributed by atoms with Gasteiger partial charge in [0.05, 0.1) is 27.8 Å². The Morgan fingerprint density at radius 2 is 1.95 bits per heavy atom. The molecule has 3 aromatic rings. The fourth-order valence-corrected chi connectivity index (χ4v) is 3.15. The molecule has 3 rings (SSSR count). The van der Waals surface area contributed by atoms with Gasteiger partial charge in [0.15, 0.2) is 0 Å². The highest BCUT2D eigenvalue weighted by Gasteiger charge is 2.30. The molecule has 0 spiro atoms. The van der Waals surface area contributed by atoms with E-state index in [0.29, 0.717) is 11.3 Å². The van der Waals surface area contributed by atoms with E-state index in [0.717, 1.165) is 12.1 Å². The summed E-state index contributed by atoms with van der Waals surface area (Å²) in [6, 6.07) is 10.0. The van der Waals surface area contributed by atoms with Crippen molar-refractivity contribution in [2.75, 3.05) is 0 Å². The topological polar surface area (TPSA) is 34.4 Å². The molecule has 0 N–H and O–H groups in total. The number of rotatable bonds is 3. The molecule has 0 aliphatic rings. The van der Waals surface area contributed by atoms with E-state index in [2.05, 4.69) is 4.98 Å². The third-order valence-corrected chi connectivity index (χ3v) is 4.45. The molecular formula is C15H11F3N2OS. The molecule has 0 amide bonds. The summed E-state index contributed by atoms with van der Waals surface area (Å²) in [5.74, 6) is 0.0724. The lowest BCUT2D eigenvalue weighted by Gasteiger charge is -2.08. The Morgan fingerprint density at radius 1 is 1.14 bits per heavy atom. The molecule has 0 aliphatic carbocycles. The van der Waals surface area contributed by atoms with Crippen molar-refractivity contribution in [3.8, 4) is 0 Å². The second kappa shape index (κ2) is 5.57. The van der Waals surface area contributed by atoms with Crippen molar-refractivity contribution in [2.24, 2.45) is 0 Å². The van der Waals surface area contributed by atoms with Gasteiger partial charge in [0.1, 0.15) is 5.65 Å². The van der Waals surface area contributed by atoms with Crippen molar-refractivity contribution < 1.29 is 17.4 Å². The van der Waals surface area contributed by atoms with Gasteiger partial charge in [0.2, 0.25) is 0 Å². The summed E-state index contributed by atoms with van der Waals surface area (Å²) < 4.78 is 52.1. The fourth-order valence-electron chi connectivity index (χ4n) is 2.09. The summed E-state index contributed by atoms with van der Waals surface area (Å²) in [5, 5.41) is 0. The molecule has 0 radical (unpaired) electrons. The number of hydrogen-bond donors (Lipinski definition) is 0. The van der Waals surface area contributed by atoms with Crippen LogP contribution in [-0.4, -0.2) is 13.6 Å². The first-order chi connectivity index (χ1) is 10.4. The summed E-state index contributed by atoms with van der Waals surface area (Å²) in [7, 11) is -1.58. The van der Waals surface area contributed by atoms with Crippen molar-refractivity contribution in [3.05, 3.63) is 66.1 Å². The SMILES string of the molecule is O=[S@](Cc1cn2ccccc2n1)c1cccc(C(F)(F)F)c1. The molecule has 114 valence electrons. The van der Waals surface area contributed by atoms with Gasteiger partial charge in [-0.3, -0.25) is 4.21 Å². The average molecular weight is 324 g/mol. The standard InChI is InChI=1S/C15H11F3N2OS/c16-15(17,18)11-4-3-5-13(8-11)22(21)10-12-9-20-7-2-1-6-14(20)19-12/h1-9H,10H2/t22-/m1/s1. The Kier molecular flexibility index (Phi) is 3.74. The van der Waals surface area contributed by atoms with E-state index in [1.165, 1.54) is 12.1 Å².